The zero-order chi connectivity index (χ0) is 15.4. The summed E-state index contributed by atoms with van der Waals surface area (Å²) in [5.74, 6) is -0.653. The second kappa shape index (κ2) is 7.15. The molecule has 1 fully saturated rings. The molecule has 4 heteroatoms. The van der Waals surface area contributed by atoms with E-state index in [1.807, 2.05) is 0 Å². The standard InChI is InChI=1S/C16H30F3N/c1-5-20-14(10-11-15(2,3)4)12-6-8-13(9-7-12)16(17,18)19/h12-14,20H,5-11H2,1-4H3. The van der Waals surface area contributed by atoms with Crippen molar-refractivity contribution in [2.45, 2.75) is 78.4 Å². The number of rotatable bonds is 5. The van der Waals surface area contributed by atoms with Gasteiger partial charge in [-0.2, -0.15) is 13.2 Å². The smallest absolute Gasteiger partial charge is 0.314 e. The number of alkyl halides is 3. The molecule has 1 rings (SSSR count). The summed E-state index contributed by atoms with van der Waals surface area (Å²) in [6.45, 7) is 9.63. The lowest BCUT2D eigenvalue weighted by Gasteiger charge is -2.36. The molecule has 1 saturated carbocycles. The molecule has 0 bridgehead atoms. The van der Waals surface area contributed by atoms with Gasteiger partial charge in [0.25, 0.3) is 0 Å². The van der Waals surface area contributed by atoms with E-state index < -0.39 is 12.1 Å². The minimum Gasteiger partial charge on any atom is -0.314 e. The maximum Gasteiger partial charge on any atom is 0.391 e. The monoisotopic (exact) mass is 293 g/mol. The molecule has 120 valence electrons. The van der Waals surface area contributed by atoms with Crippen LogP contribution in [0.1, 0.15) is 66.2 Å². The average Bonchev–Trinajstić information content (AvgIpc) is 2.32. The predicted molar refractivity (Wildman–Crippen MR) is 77.7 cm³/mol. The first-order valence-electron chi connectivity index (χ1n) is 7.93. The Labute approximate surface area is 121 Å². The van der Waals surface area contributed by atoms with E-state index in [0.29, 0.717) is 37.6 Å². The van der Waals surface area contributed by atoms with Gasteiger partial charge in [-0.05, 0) is 56.4 Å². The van der Waals surface area contributed by atoms with Gasteiger partial charge in [0.2, 0.25) is 0 Å². The van der Waals surface area contributed by atoms with Crippen LogP contribution in [0.5, 0.6) is 0 Å². The van der Waals surface area contributed by atoms with Gasteiger partial charge in [-0.15, -0.1) is 0 Å². The van der Waals surface area contributed by atoms with Crippen LogP contribution in [0, 0.1) is 17.3 Å². The van der Waals surface area contributed by atoms with Gasteiger partial charge in [-0.1, -0.05) is 27.7 Å². The molecule has 0 aromatic heterocycles. The molecule has 0 amide bonds. The van der Waals surface area contributed by atoms with Gasteiger partial charge in [0.15, 0.2) is 0 Å². The fourth-order valence-electron chi connectivity index (χ4n) is 3.20. The highest BCUT2D eigenvalue weighted by molar-refractivity contribution is 4.85. The van der Waals surface area contributed by atoms with Crippen molar-refractivity contribution in [1.82, 2.24) is 5.32 Å². The van der Waals surface area contributed by atoms with Gasteiger partial charge >= 0.3 is 6.18 Å². The molecular formula is C16H30F3N. The van der Waals surface area contributed by atoms with Crippen molar-refractivity contribution >= 4 is 0 Å². The molecule has 0 heterocycles. The fraction of sp³-hybridized carbons (Fsp3) is 1.00. The summed E-state index contributed by atoms with van der Waals surface area (Å²) >= 11 is 0. The summed E-state index contributed by atoms with van der Waals surface area (Å²) in [5, 5.41) is 3.50. The first-order chi connectivity index (χ1) is 9.13. The third kappa shape index (κ3) is 6.02. The normalized spacial score (nSPS) is 26.6. The van der Waals surface area contributed by atoms with Crippen LogP contribution in [0.25, 0.3) is 0 Å². The number of hydrogen-bond acceptors (Lipinski definition) is 1. The van der Waals surface area contributed by atoms with Crippen LogP contribution in [0.15, 0.2) is 0 Å². The molecule has 1 aliphatic carbocycles. The van der Waals surface area contributed by atoms with E-state index in [1.165, 1.54) is 0 Å². The predicted octanol–water partition coefficient (Wildman–Crippen LogP) is 5.16. The van der Waals surface area contributed by atoms with Gasteiger partial charge in [0.05, 0.1) is 5.92 Å². The van der Waals surface area contributed by atoms with E-state index in [9.17, 15) is 13.2 Å². The van der Waals surface area contributed by atoms with Crippen molar-refractivity contribution in [3.05, 3.63) is 0 Å². The van der Waals surface area contributed by atoms with Crippen molar-refractivity contribution in [3.63, 3.8) is 0 Å². The molecule has 1 atom stereocenters. The average molecular weight is 293 g/mol. The summed E-state index contributed by atoms with van der Waals surface area (Å²) in [5.41, 5.74) is 0.289. The van der Waals surface area contributed by atoms with Gasteiger partial charge in [-0.25, -0.2) is 0 Å². The summed E-state index contributed by atoms with van der Waals surface area (Å²) in [4.78, 5) is 0. The van der Waals surface area contributed by atoms with E-state index >= 15 is 0 Å². The number of halogens is 3. The Balaban J connectivity index is 2.49. The number of nitrogens with one attached hydrogen (secondary N) is 1. The van der Waals surface area contributed by atoms with Gasteiger partial charge in [0, 0.05) is 6.04 Å². The second-order valence-corrected chi connectivity index (χ2v) is 7.42. The van der Waals surface area contributed by atoms with E-state index in [0.717, 1.165) is 19.4 Å². The zero-order valence-electron chi connectivity index (χ0n) is 13.3. The van der Waals surface area contributed by atoms with Gasteiger partial charge < -0.3 is 5.32 Å². The zero-order valence-corrected chi connectivity index (χ0v) is 13.3. The van der Waals surface area contributed by atoms with Crippen LogP contribution in [0.3, 0.4) is 0 Å². The number of hydrogen-bond donors (Lipinski definition) is 1. The minimum absolute atomic E-state index is 0.289. The lowest BCUT2D eigenvalue weighted by molar-refractivity contribution is -0.184. The van der Waals surface area contributed by atoms with Gasteiger partial charge in [-0.3, -0.25) is 0 Å². The van der Waals surface area contributed by atoms with Crippen molar-refractivity contribution in [3.8, 4) is 0 Å². The SMILES string of the molecule is CCNC(CCC(C)(C)C)C1CCC(C(F)(F)F)CC1. The fourth-order valence-corrected chi connectivity index (χ4v) is 3.20. The highest BCUT2D eigenvalue weighted by atomic mass is 19.4. The maximum absolute atomic E-state index is 12.7. The molecule has 0 aromatic carbocycles. The van der Waals surface area contributed by atoms with Crippen molar-refractivity contribution in [2.75, 3.05) is 6.54 Å². The lowest BCUT2D eigenvalue weighted by atomic mass is 9.75. The maximum atomic E-state index is 12.7. The molecule has 0 aromatic rings. The van der Waals surface area contributed by atoms with E-state index in [1.54, 1.807) is 0 Å². The molecule has 1 nitrogen and oxygen atoms in total. The molecule has 1 N–H and O–H groups in total. The summed E-state index contributed by atoms with van der Waals surface area (Å²) in [6, 6.07) is 0.383. The Bertz CT molecular complexity index is 272. The summed E-state index contributed by atoms with van der Waals surface area (Å²) < 4.78 is 38.1. The molecule has 0 radical (unpaired) electrons. The molecule has 20 heavy (non-hydrogen) atoms. The third-order valence-corrected chi connectivity index (χ3v) is 4.48. The largest absolute Gasteiger partial charge is 0.391 e. The highest BCUT2D eigenvalue weighted by Crippen LogP contribution is 2.41. The van der Waals surface area contributed by atoms with E-state index in [2.05, 4.69) is 33.0 Å². The molecule has 1 aliphatic rings. The molecule has 1 unspecified atom stereocenters. The Morgan fingerprint density at radius 2 is 1.60 bits per heavy atom. The topological polar surface area (TPSA) is 12.0 Å². The quantitative estimate of drug-likeness (QED) is 0.738. The van der Waals surface area contributed by atoms with Crippen molar-refractivity contribution < 1.29 is 13.2 Å². The first-order valence-corrected chi connectivity index (χ1v) is 7.93. The van der Waals surface area contributed by atoms with Crippen LogP contribution in [-0.2, 0) is 0 Å². The Morgan fingerprint density at radius 3 is 2.00 bits per heavy atom. The van der Waals surface area contributed by atoms with Crippen molar-refractivity contribution in [2.24, 2.45) is 17.3 Å². The summed E-state index contributed by atoms with van der Waals surface area (Å²) in [7, 11) is 0. The van der Waals surface area contributed by atoms with Crippen LogP contribution in [0.2, 0.25) is 0 Å². The Morgan fingerprint density at radius 1 is 1.05 bits per heavy atom. The van der Waals surface area contributed by atoms with Crippen LogP contribution in [-0.4, -0.2) is 18.8 Å². The Kier molecular flexibility index (Phi) is 6.36. The van der Waals surface area contributed by atoms with Crippen LogP contribution >= 0.6 is 0 Å². The summed E-state index contributed by atoms with van der Waals surface area (Å²) in [6.07, 6.45) is 0.238. The molecular weight excluding hydrogens is 263 g/mol. The minimum atomic E-state index is -4.00. The van der Waals surface area contributed by atoms with Crippen LogP contribution in [0.4, 0.5) is 13.2 Å². The van der Waals surface area contributed by atoms with Gasteiger partial charge in [0.1, 0.15) is 0 Å². The van der Waals surface area contributed by atoms with Crippen LogP contribution < -0.4 is 5.32 Å². The van der Waals surface area contributed by atoms with E-state index in [4.69, 9.17) is 0 Å². The first kappa shape index (κ1) is 17.8. The second-order valence-electron chi connectivity index (χ2n) is 7.42. The molecule has 0 spiro atoms. The molecule has 0 saturated heterocycles. The third-order valence-electron chi connectivity index (χ3n) is 4.48. The highest BCUT2D eigenvalue weighted by Gasteiger charge is 2.42. The van der Waals surface area contributed by atoms with E-state index in [-0.39, 0.29) is 5.41 Å². The van der Waals surface area contributed by atoms with Crippen molar-refractivity contribution in [1.29, 1.82) is 0 Å². The lowest BCUT2D eigenvalue weighted by Crippen LogP contribution is -2.40. The Hall–Kier alpha value is -0.250. The molecule has 0 aliphatic heterocycles.